The number of nitrogens with zero attached hydrogens (tertiary/aromatic N) is 2. The predicted molar refractivity (Wildman–Crippen MR) is 90.8 cm³/mol. The van der Waals surface area contributed by atoms with Crippen molar-refractivity contribution in [3.8, 4) is 0 Å². The van der Waals surface area contributed by atoms with E-state index >= 15 is 0 Å². The van der Waals surface area contributed by atoms with Gasteiger partial charge in [-0.05, 0) is 36.4 Å². The maximum atomic E-state index is 8.16. The SMILES string of the molecule is CN(C)c1ccc(C(=N)Nc2nc3ccccc3s2)cc1. The van der Waals surface area contributed by atoms with Crippen LogP contribution in [0.5, 0.6) is 0 Å². The average Bonchev–Trinajstić information content (AvgIpc) is 2.89. The number of hydrogen-bond acceptors (Lipinski definition) is 4. The molecule has 0 aliphatic heterocycles. The minimum atomic E-state index is 0.361. The Hall–Kier alpha value is -2.40. The number of para-hydroxylation sites is 1. The molecular weight excluding hydrogens is 280 g/mol. The van der Waals surface area contributed by atoms with Gasteiger partial charge in [0, 0.05) is 25.3 Å². The zero-order valence-electron chi connectivity index (χ0n) is 11.9. The van der Waals surface area contributed by atoms with Crippen LogP contribution in [0.3, 0.4) is 0 Å². The van der Waals surface area contributed by atoms with Crippen molar-refractivity contribution in [2.45, 2.75) is 0 Å². The summed E-state index contributed by atoms with van der Waals surface area (Å²) in [6.45, 7) is 0. The maximum absolute atomic E-state index is 8.16. The molecule has 4 nitrogen and oxygen atoms in total. The van der Waals surface area contributed by atoms with E-state index in [2.05, 4.69) is 10.3 Å². The van der Waals surface area contributed by atoms with Crippen LogP contribution < -0.4 is 10.2 Å². The van der Waals surface area contributed by atoms with Crippen LogP contribution in [-0.4, -0.2) is 24.9 Å². The van der Waals surface area contributed by atoms with Gasteiger partial charge in [0.2, 0.25) is 0 Å². The van der Waals surface area contributed by atoms with Crippen LogP contribution in [-0.2, 0) is 0 Å². The summed E-state index contributed by atoms with van der Waals surface area (Å²) in [5.41, 5.74) is 2.92. The highest BCUT2D eigenvalue weighted by atomic mass is 32.1. The van der Waals surface area contributed by atoms with Crippen molar-refractivity contribution in [3.05, 3.63) is 54.1 Å². The summed E-state index contributed by atoms with van der Waals surface area (Å²) in [7, 11) is 4.00. The van der Waals surface area contributed by atoms with Crippen LogP contribution >= 0.6 is 11.3 Å². The van der Waals surface area contributed by atoms with E-state index in [0.29, 0.717) is 5.84 Å². The van der Waals surface area contributed by atoms with Gasteiger partial charge in [0.25, 0.3) is 0 Å². The Bertz CT molecular complexity index is 741. The number of amidine groups is 1. The van der Waals surface area contributed by atoms with Crippen molar-refractivity contribution < 1.29 is 0 Å². The number of thiazole rings is 1. The highest BCUT2D eigenvalue weighted by molar-refractivity contribution is 7.22. The molecule has 0 saturated heterocycles. The van der Waals surface area contributed by atoms with Gasteiger partial charge in [-0.2, -0.15) is 0 Å². The zero-order valence-corrected chi connectivity index (χ0v) is 12.7. The number of benzene rings is 2. The molecule has 0 atom stereocenters. The smallest absolute Gasteiger partial charge is 0.189 e. The normalized spacial score (nSPS) is 10.6. The minimum Gasteiger partial charge on any atom is -0.378 e. The quantitative estimate of drug-likeness (QED) is 0.571. The molecule has 1 aromatic heterocycles. The highest BCUT2D eigenvalue weighted by Gasteiger charge is 2.07. The van der Waals surface area contributed by atoms with Gasteiger partial charge in [-0.25, -0.2) is 4.98 Å². The van der Waals surface area contributed by atoms with Gasteiger partial charge < -0.3 is 10.2 Å². The predicted octanol–water partition coefficient (Wildman–Crippen LogP) is 3.80. The van der Waals surface area contributed by atoms with Gasteiger partial charge in [0.1, 0.15) is 5.84 Å². The van der Waals surface area contributed by atoms with E-state index < -0.39 is 0 Å². The van der Waals surface area contributed by atoms with Crippen LogP contribution in [0.4, 0.5) is 10.8 Å². The number of fused-ring (bicyclic) bond motifs is 1. The van der Waals surface area contributed by atoms with Crippen LogP contribution in [0.15, 0.2) is 48.5 Å². The van der Waals surface area contributed by atoms with Crippen molar-refractivity contribution in [3.63, 3.8) is 0 Å². The first-order chi connectivity index (χ1) is 10.1. The van der Waals surface area contributed by atoms with E-state index in [0.717, 1.165) is 26.6 Å². The molecule has 0 aliphatic carbocycles. The molecule has 0 saturated carbocycles. The Morgan fingerprint density at radius 1 is 1.10 bits per heavy atom. The monoisotopic (exact) mass is 296 g/mol. The fourth-order valence-electron chi connectivity index (χ4n) is 2.03. The van der Waals surface area contributed by atoms with Crippen LogP contribution in [0, 0.1) is 5.41 Å². The summed E-state index contributed by atoms with van der Waals surface area (Å²) in [6.07, 6.45) is 0. The molecule has 0 bridgehead atoms. The van der Waals surface area contributed by atoms with Gasteiger partial charge in [-0.1, -0.05) is 23.5 Å². The van der Waals surface area contributed by atoms with Gasteiger partial charge in [-0.15, -0.1) is 0 Å². The molecule has 0 fully saturated rings. The van der Waals surface area contributed by atoms with Crippen LogP contribution in [0.25, 0.3) is 10.2 Å². The minimum absolute atomic E-state index is 0.361. The van der Waals surface area contributed by atoms with E-state index in [9.17, 15) is 0 Å². The lowest BCUT2D eigenvalue weighted by Gasteiger charge is -2.13. The van der Waals surface area contributed by atoms with Crippen molar-refractivity contribution >= 4 is 38.2 Å². The van der Waals surface area contributed by atoms with E-state index in [1.54, 1.807) is 11.3 Å². The largest absolute Gasteiger partial charge is 0.378 e. The lowest BCUT2D eigenvalue weighted by Crippen LogP contribution is -2.13. The molecule has 0 aliphatic rings. The van der Waals surface area contributed by atoms with Gasteiger partial charge in [0.05, 0.1) is 10.2 Å². The summed E-state index contributed by atoms with van der Waals surface area (Å²) in [5, 5.41) is 12.0. The molecule has 2 N–H and O–H groups in total. The molecule has 106 valence electrons. The second-order valence-electron chi connectivity index (χ2n) is 4.93. The van der Waals surface area contributed by atoms with Gasteiger partial charge in [0.15, 0.2) is 5.13 Å². The van der Waals surface area contributed by atoms with Gasteiger partial charge in [-0.3, -0.25) is 5.41 Å². The molecule has 0 unspecified atom stereocenters. The second-order valence-corrected chi connectivity index (χ2v) is 5.96. The molecule has 0 radical (unpaired) electrons. The molecule has 0 amide bonds. The zero-order chi connectivity index (χ0) is 14.8. The molecule has 1 heterocycles. The Morgan fingerprint density at radius 3 is 2.48 bits per heavy atom. The van der Waals surface area contributed by atoms with Gasteiger partial charge >= 0.3 is 0 Å². The first kappa shape index (κ1) is 13.6. The van der Waals surface area contributed by atoms with E-state index in [1.165, 1.54) is 0 Å². The first-order valence-corrected chi connectivity index (χ1v) is 7.44. The standard InChI is InChI=1S/C16H16N4S/c1-20(2)12-9-7-11(8-10-12)15(17)19-16-18-13-5-3-4-6-14(13)21-16/h3-10H,1-2H3,(H2,17,18,19). The fraction of sp³-hybridized carbons (Fsp3) is 0.125. The lowest BCUT2D eigenvalue weighted by atomic mass is 10.2. The Labute approximate surface area is 127 Å². The van der Waals surface area contributed by atoms with Crippen molar-refractivity contribution in [2.24, 2.45) is 0 Å². The first-order valence-electron chi connectivity index (χ1n) is 6.62. The maximum Gasteiger partial charge on any atom is 0.189 e. The molecular formula is C16H16N4S. The number of hydrogen-bond donors (Lipinski definition) is 2. The van der Waals surface area contributed by atoms with E-state index in [-0.39, 0.29) is 0 Å². The average molecular weight is 296 g/mol. The van der Waals surface area contributed by atoms with Crippen molar-refractivity contribution in [1.29, 1.82) is 5.41 Å². The summed E-state index contributed by atoms with van der Waals surface area (Å²) in [6, 6.07) is 15.9. The fourth-order valence-corrected chi connectivity index (χ4v) is 2.90. The van der Waals surface area contributed by atoms with Crippen molar-refractivity contribution in [1.82, 2.24) is 4.98 Å². The Balaban J connectivity index is 1.79. The van der Waals surface area contributed by atoms with Crippen LogP contribution in [0.2, 0.25) is 0 Å². The second kappa shape index (κ2) is 5.54. The van der Waals surface area contributed by atoms with E-state index in [1.807, 2.05) is 67.5 Å². The topological polar surface area (TPSA) is 52.0 Å². The van der Waals surface area contributed by atoms with Crippen LogP contribution in [0.1, 0.15) is 5.56 Å². The highest BCUT2D eigenvalue weighted by Crippen LogP contribution is 2.25. The Kier molecular flexibility index (Phi) is 3.58. The summed E-state index contributed by atoms with van der Waals surface area (Å²) >= 11 is 1.56. The summed E-state index contributed by atoms with van der Waals surface area (Å²) in [5.74, 6) is 0.361. The molecule has 5 heteroatoms. The van der Waals surface area contributed by atoms with Crippen molar-refractivity contribution in [2.75, 3.05) is 24.3 Å². The molecule has 3 rings (SSSR count). The summed E-state index contributed by atoms with van der Waals surface area (Å²) in [4.78, 5) is 6.52. The number of aromatic nitrogens is 1. The third-order valence-electron chi connectivity index (χ3n) is 3.20. The third-order valence-corrected chi connectivity index (χ3v) is 4.15. The molecule has 0 spiro atoms. The Morgan fingerprint density at radius 2 is 1.81 bits per heavy atom. The number of anilines is 2. The molecule has 3 aromatic rings. The van der Waals surface area contributed by atoms with E-state index in [4.69, 9.17) is 5.41 Å². The summed E-state index contributed by atoms with van der Waals surface area (Å²) < 4.78 is 1.12. The number of nitrogens with one attached hydrogen (secondary N) is 2. The molecule has 2 aromatic carbocycles. The molecule has 21 heavy (non-hydrogen) atoms. The lowest BCUT2D eigenvalue weighted by molar-refractivity contribution is 1.13. The number of rotatable bonds is 3. The third kappa shape index (κ3) is 2.87.